The number of methoxy groups -OCH3 is 1. The minimum Gasteiger partial charge on any atom is -0.383 e. The second kappa shape index (κ2) is 7.34. The molecular formula is C14H30N2O. The molecule has 0 aliphatic carbocycles. The minimum absolute atomic E-state index is 0.494. The van der Waals surface area contributed by atoms with E-state index in [9.17, 15) is 0 Å². The van der Waals surface area contributed by atoms with E-state index in [0.717, 1.165) is 19.1 Å². The standard InChI is InChI=1S/C14H30N2O/c1-11(2)14(10-17-5)15-8-13-6-7-16(9-13)12(3)4/h11-15H,6-10H2,1-5H3. The van der Waals surface area contributed by atoms with Gasteiger partial charge in [0, 0.05) is 25.7 Å². The number of nitrogens with one attached hydrogen (secondary N) is 1. The molecule has 2 atom stereocenters. The van der Waals surface area contributed by atoms with Gasteiger partial charge in [-0.1, -0.05) is 13.8 Å². The lowest BCUT2D eigenvalue weighted by Gasteiger charge is -2.24. The molecule has 3 heteroatoms. The molecule has 0 aromatic heterocycles. The van der Waals surface area contributed by atoms with Crippen LogP contribution in [0.3, 0.4) is 0 Å². The third kappa shape index (κ3) is 4.94. The summed E-state index contributed by atoms with van der Waals surface area (Å²) in [6.45, 7) is 13.6. The van der Waals surface area contributed by atoms with Gasteiger partial charge in [0.05, 0.1) is 6.61 Å². The average molecular weight is 242 g/mol. The minimum atomic E-state index is 0.494. The van der Waals surface area contributed by atoms with Crippen LogP contribution < -0.4 is 5.32 Å². The Kier molecular flexibility index (Phi) is 6.45. The van der Waals surface area contributed by atoms with Crippen molar-refractivity contribution in [3.05, 3.63) is 0 Å². The summed E-state index contributed by atoms with van der Waals surface area (Å²) < 4.78 is 5.27. The molecule has 1 fully saturated rings. The predicted molar refractivity (Wildman–Crippen MR) is 73.3 cm³/mol. The fourth-order valence-electron chi connectivity index (χ4n) is 2.48. The van der Waals surface area contributed by atoms with Gasteiger partial charge >= 0.3 is 0 Å². The van der Waals surface area contributed by atoms with E-state index in [1.54, 1.807) is 7.11 Å². The Morgan fingerprint density at radius 3 is 2.47 bits per heavy atom. The Balaban J connectivity index is 2.26. The first-order valence-electron chi connectivity index (χ1n) is 7.01. The zero-order valence-electron chi connectivity index (χ0n) is 12.2. The fourth-order valence-corrected chi connectivity index (χ4v) is 2.48. The maximum atomic E-state index is 5.27. The van der Waals surface area contributed by atoms with Gasteiger partial charge in [-0.2, -0.15) is 0 Å². The number of ether oxygens (including phenoxy) is 1. The third-order valence-electron chi connectivity index (χ3n) is 3.87. The van der Waals surface area contributed by atoms with Crippen LogP contribution in [0.2, 0.25) is 0 Å². The molecule has 2 unspecified atom stereocenters. The van der Waals surface area contributed by atoms with E-state index in [1.807, 2.05) is 0 Å². The van der Waals surface area contributed by atoms with Gasteiger partial charge in [-0.15, -0.1) is 0 Å². The lowest BCUT2D eigenvalue weighted by atomic mass is 10.0. The SMILES string of the molecule is COCC(NCC1CCN(C(C)C)C1)C(C)C. The monoisotopic (exact) mass is 242 g/mol. The zero-order chi connectivity index (χ0) is 12.8. The number of hydrogen-bond donors (Lipinski definition) is 1. The molecule has 0 radical (unpaired) electrons. The van der Waals surface area contributed by atoms with Crippen molar-refractivity contribution in [3.8, 4) is 0 Å². The fraction of sp³-hybridized carbons (Fsp3) is 1.00. The summed E-state index contributed by atoms with van der Waals surface area (Å²) in [5.41, 5.74) is 0. The number of likely N-dealkylation sites (tertiary alicyclic amines) is 1. The molecule has 0 saturated carbocycles. The van der Waals surface area contributed by atoms with Crippen LogP contribution in [0.4, 0.5) is 0 Å². The third-order valence-corrected chi connectivity index (χ3v) is 3.87. The molecule has 1 aliphatic heterocycles. The first-order chi connectivity index (χ1) is 8.04. The number of hydrogen-bond acceptors (Lipinski definition) is 3. The van der Waals surface area contributed by atoms with Crippen LogP contribution in [0.25, 0.3) is 0 Å². The van der Waals surface area contributed by atoms with Crippen LogP contribution >= 0.6 is 0 Å². The predicted octanol–water partition coefficient (Wildman–Crippen LogP) is 1.98. The lowest BCUT2D eigenvalue weighted by molar-refractivity contribution is 0.144. The Morgan fingerprint density at radius 1 is 1.29 bits per heavy atom. The summed E-state index contributed by atoms with van der Waals surface area (Å²) in [5, 5.41) is 3.67. The van der Waals surface area contributed by atoms with Crippen LogP contribution in [0, 0.1) is 11.8 Å². The van der Waals surface area contributed by atoms with E-state index in [1.165, 1.54) is 19.5 Å². The average Bonchev–Trinajstić information content (AvgIpc) is 2.72. The van der Waals surface area contributed by atoms with Gasteiger partial charge in [0.25, 0.3) is 0 Å². The summed E-state index contributed by atoms with van der Waals surface area (Å²) in [5.74, 6) is 1.45. The second-order valence-electron chi connectivity index (χ2n) is 5.96. The van der Waals surface area contributed by atoms with Crippen molar-refractivity contribution >= 4 is 0 Å². The Bertz CT molecular complexity index is 206. The van der Waals surface area contributed by atoms with Gasteiger partial charge in [-0.25, -0.2) is 0 Å². The quantitative estimate of drug-likeness (QED) is 0.739. The van der Waals surface area contributed by atoms with Crippen molar-refractivity contribution in [2.24, 2.45) is 11.8 Å². The largest absolute Gasteiger partial charge is 0.383 e. The second-order valence-corrected chi connectivity index (χ2v) is 5.96. The number of rotatable bonds is 7. The summed E-state index contributed by atoms with van der Waals surface area (Å²) in [4.78, 5) is 2.58. The van der Waals surface area contributed by atoms with Crippen molar-refractivity contribution in [1.82, 2.24) is 10.2 Å². The molecule has 1 N–H and O–H groups in total. The Labute approximate surface area is 107 Å². The smallest absolute Gasteiger partial charge is 0.0618 e. The van der Waals surface area contributed by atoms with E-state index in [2.05, 4.69) is 37.9 Å². The molecule has 1 rings (SSSR count). The Morgan fingerprint density at radius 2 is 2.00 bits per heavy atom. The summed E-state index contributed by atoms with van der Waals surface area (Å²) in [6.07, 6.45) is 1.34. The van der Waals surface area contributed by atoms with Crippen molar-refractivity contribution in [2.45, 2.75) is 46.2 Å². The summed E-state index contributed by atoms with van der Waals surface area (Å²) in [6, 6.07) is 1.19. The first kappa shape index (κ1) is 14.9. The highest BCUT2D eigenvalue weighted by molar-refractivity contribution is 4.81. The maximum Gasteiger partial charge on any atom is 0.0618 e. The van der Waals surface area contributed by atoms with Gasteiger partial charge in [0.2, 0.25) is 0 Å². The molecular weight excluding hydrogens is 212 g/mol. The Hall–Kier alpha value is -0.120. The van der Waals surface area contributed by atoms with Gasteiger partial charge in [-0.05, 0) is 45.2 Å². The zero-order valence-corrected chi connectivity index (χ0v) is 12.2. The van der Waals surface area contributed by atoms with Crippen molar-refractivity contribution in [1.29, 1.82) is 0 Å². The highest BCUT2D eigenvalue weighted by atomic mass is 16.5. The van der Waals surface area contributed by atoms with Crippen molar-refractivity contribution < 1.29 is 4.74 Å². The van der Waals surface area contributed by atoms with E-state index in [4.69, 9.17) is 4.74 Å². The molecule has 1 aliphatic rings. The molecule has 17 heavy (non-hydrogen) atoms. The molecule has 0 amide bonds. The van der Waals surface area contributed by atoms with Crippen LogP contribution in [-0.2, 0) is 4.74 Å². The van der Waals surface area contributed by atoms with Crippen LogP contribution in [0.5, 0.6) is 0 Å². The summed E-state index contributed by atoms with van der Waals surface area (Å²) in [7, 11) is 1.78. The highest BCUT2D eigenvalue weighted by Crippen LogP contribution is 2.18. The lowest BCUT2D eigenvalue weighted by Crippen LogP contribution is -2.41. The van der Waals surface area contributed by atoms with E-state index in [-0.39, 0.29) is 0 Å². The van der Waals surface area contributed by atoms with Crippen LogP contribution in [0.1, 0.15) is 34.1 Å². The van der Waals surface area contributed by atoms with Gasteiger partial charge in [0.15, 0.2) is 0 Å². The topological polar surface area (TPSA) is 24.5 Å². The molecule has 1 heterocycles. The van der Waals surface area contributed by atoms with E-state index in [0.29, 0.717) is 18.0 Å². The van der Waals surface area contributed by atoms with E-state index < -0.39 is 0 Å². The van der Waals surface area contributed by atoms with Crippen molar-refractivity contribution in [3.63, 3.8) is 0 Å². The first-order valence-corrected chi connectivity index (χ1v) is 7.01. The van der Waals surface area contributed by atoms with Crippen molar-refractivity contribution in [2.75, 3.05) is 33.4 Å². The van der Waals surface area contributed by atoms with Crippen LogP contribution in [-0.4, -0.2) is 50.3 Å². The van der Waals surface area contributed by atoms with E-state index >= 15 is 0 Å². The van der Waals surface area contributed by atoms with Crippen LogP contribution in [0.15, 0.2) is 0 Å². The molecule has 102 valence electrons. The summed E-state index contributed by atoms with van der Waals surface area (Å²) >= 11 is 0. The normalized spacial score (nSPS) is 23.8. The molecule has 0 spiro atoms. The molecule has 0 aromatic rings. The molecule has 0 aromatic carbocycles. The van der Waals surface area contributed by atoms with Gasteiger partial charge in [0.1, 0.15) is 0 Å². The molecule has 0 bridgehead atoms. The maximum absolute atomic E-state index is 5.27. The van der Waals surface area contributed by atoms with Gasteiger partial charge in [-0.3, -0.25) is 0 Å². The molecule has 3 nitrogen and oxygen atoms in total. The highest BCUT2D eigenvalue weighted by Gasteiger charge is 2.24. The number of nitrogens with zero attached hydrogens (tertiary/aromatic N) is 1. The van der Waals surface area contributed by atoms with Gasteiger partial charge < -0.3 is 15.0 Å². The molecule has 1 saturated heterocycles.